The van der Waals surface area contributed by atoms with Crippen molar-refractivity contribution in [3.63, 3.8) is 0 Å². The van der Waals surface area contributed by atoms with Crippen LogP contribution < -0.4 is 19.7 Å². The zero-order valence-corrected chi connectivity index (χ0v) is 25.5. The summed E-state index contributed by atoms with van der Waals surface area (Å²) in [5.74, 6) is 2.27. The van der Waals surface area contributed by atoms with Crippen LogP contribution in [-0.4, -0.2) is 52.4 Å². The van der Waals surface area contributed by atoms with E-state index >= 15 is 0 Å². The Balaban J connectivity index is 1.45. The summed E-state index contributed by atoms with van der Waals surface area (Å²) >= 11 is 13.0. The van der Waals surface area contributed by atoms with Gasteiger partial charge in [-0.2, -0.15) is 10.4 Å². The molecule has 41 heavy (non-hydrogen) atoms. The second-order valence-electron chi connectivity index (χ2n) is 11.2. The average Bonchev–Trinajstić information content (AvgIpc) is 3.34. The Hall–Kier alpha value is -3.58. The number of hydrogen-bond acceptors (Lipinski definition) is 8. The molecule has 0 spiro atoms. The Morgan fingerprint density at radius 1 is 1.15 bits per heavy atom. The van der Waals surface area contributed by atoms with Crippen LogP contribution in [0.1, 0.15) is 50.6 Å². The molecule has 1 atom stereocenters. The summed E-state index contributed by atoms with van der Waals surface area (Å²) < 4.78 is 12.0. The number of fused-ring (bicyclic) bond motifs is 1. The third-order valence-corrected chi connectivity index (χ3v) is 8.10. The number of methoxy groups -OCH3 is 1. The van der Waals surface area contributed by atoms with E-state index in [9.17, 15) is 5.26 Å². The molecule has 1 aliphatic heterocycles. The van der Waals surface area contributed by atoms with Crippen molar-refractivity contribution in [1.29, 1.82) is 5.26 Å². The van der Waals surface area contributed by atoms with Crippen molar-refractivity contribution in [3.8, 4) is 28.8 Å². The Kier molecular flexibility index (Phi) is 8.02. The minimum absolute atomic E-state index is 0.00571. The Morgan fingerprint density at radius 3 is 2.59 bits per heavy atom. The molecule has 1 fully saturated rings. The van der Waals surface area contributed by atoms with E-state index in [2.05, 4.69) is 52.2 Å². The highest BCUT2D eigenvalue weighted by molar-refractivity contribution is 6.36. The van der Waals surface area contributed by atoms with Gasteiger partial charge in [-0.1, -0.05) is 37.0 Å². The number of nitrogens with zero attached hydrogens (tertiary/aromatic N) is 5. The van der Waals surface area contributed by atoms with Gasteiger partial charge in [-0.25, -0.2) is 4.98 Å². The van der Waals surface area contributed by atoms with E-state index in [1.54, 1.807) is 19.5 Å². The van der Waals surface area contributed by atoms with Gasteiger partial charge in [-0.15, -0.1) is 0 Å². The maximum absolute atomic E-state index is 9.99. The van der Waals surface area contributed by atoms with E-state index in [1.165, 1.54) is 0 Å². The molecule has 4 aromatic rings. The molecule has 0 radical (unpaired) electrons. The molecular formula is C30H33Cl2N7O2. The largest absolute Gasteiger partial charge is 0.493 e. The molecule has 0 unspecified atom stereocenters. The molecule has 214 valence electrons. The smallest absolute Gasteiger partial charge is 0.162 e. The molecular weight excluding hydrogens is 561 g/mol. The fourth-order valence-electron chi connectivity index (χ4n) is 5.13. The van der Waals surface area contributed by atoms with Crippen molar-refractivity contribution in [3.05, 3.63) is 57.5 Å². The van der Waals surface area contributed by atoms with E-state index in [0.717, 1.165) is 36.1 Å². The van der Waals surface area contributed by atoms with E-state index in [-0.39, 0.29) is 5.54 Å². The van der Waals surface area contributed by atoms with Crippen LogP contribution in [0.3, 0.4) is 0 Å². The number of nitriles is 1. The highest BCUT2D eigenvalue weighted by atomic mass is 35.5. The van der Waals surface area contributed by atoms with Crippen LogP contribution in [-0.2, 0) is 0 Å². The molecule has 0 saturated carbocycles. The lowest BCUT2D eigenvalue weighted by Gasteiger charge is -2.49. The SMILES string of the molecule is COc1cc2[nH]nc(-c3cnc(N4CC(C)(NCC(C)C)C4)c(C#N)c3)c2cc1O[C@H](C)c1c(Cl)cnc(C)c1Cl. The van der Waals surface area contributed by atoms with Crippen LogP contribution in [0, 0.1) is 24.2 Å². The summed E-state index contributed by atoms with van der Waals surface area (Å²) in [6.45, 7) is 12.8. The number of aromatic nitrogens is 4. The van der Waals surface area contributed by atoms with E-state index in [4.69, 9.17) is 37.7 Å². The van der Waals surface area contributed by atoms with Crippen molar-refractivity contribution in [1.82, 2.24) is 25.5 Å². The zero-order valence-electron chi connectivity index (χ0n) is 24.0. The van der Waals surface area contributed by atoms with Crippen LogP contribution in [0.15, 0.2) is 30.6 Å². The number of halogens is 2. The third kappa shape index (κ3) is 5.65. The summed E-state index contributed by atoms with van der Waals surface area (Å²) in [5.41, 5.74) is 3.95. The fourth-order valence-corrected chi connectivity index (χ4v) is 5.78. The molecule has 2 N–H and O–H groups in total. The molecule has 1 aromatic carbocycles. The summed E-state index contributed by atoms with van der Waals surface area (Å²) in [6.07, 6.45) is 2.84. The van der Waals surface area contributed by atoms with Crippen molar-refractivity contribution in [2.75, 3.05) is 31.6 Å². The summed E-state index contributed by atoms with van der Waals surface area (Å²) in [6, 6.07) is 7.85. The Morgan fingerprint density at radius 2 is 1.90 bits per heavy atom. The molecule has 11 heteroatoms. The van der Waals surface area contributed by atoms with Crippen molar-refractivity contribution < 1.29 is 9.47 Å². The van der Waals surface area contributed by atoms with Crippen LogP contribution in [0.5, 0.6) is 11.5 Å². The van der Waals surface area contributed by atoms with E-state index in [0.29, 0.717) is 55.8 Å². The molecule has 0 amide bonds. The number of hydrogen-bond donors (Lipinski definition) is 2. The van der Waals surface area contributed by atoms with Crippen molar-refractivity contribution >= 4 is 39.9 Å². The highest BCUT2D eigenvalue weighted by Gasteiger charge is 2.40. The second kappa shape index (κ2) is 11.4. The predicted octanol–water partition coefficient (Wildman–Crippen LogP) is 6.48. The summed E-state index contributed by atoms with van der Waals surface area (Å²) in [5, 5.41) is 22.9. The number of anilines is 1. The molecule has 1 saturated heterocycles. The first-order chi connectivity index (χ1) is 19.5. The number of benzene rings is 1. The number of nitrogens with one attached hydrogen (secondary N) is 2. The van der Waals surface area contributed by atoms with Gasteiger partial charge in [0.05, 0.1) is 39.5 Å². The second-order valence-corrected chi connectivity index (χ2v) is 12.0. The first kappa shape index (κ1) is 28.9. The molecule has 1 aliphatic rings. The minimum Gasteiger partial charge on any atom is -0.493 e. The van der Waals surface area contributed by atoms with Gasteiger partial charge >= 0.3 is 0 Å². The molecule has 5 rings (SSSR count). The van der Waals surface area contributed by atoms with Crippen LogP contribution in [0.4, 0.5) is 5.82 Å². The average molecular weight is 595 g/mol. The number of aromatic amines is 1. The minimum atomic E-state index is -0.484. The van der Waals surface area contributed by atoms with Crippen molar-refractivity contribution in [2.45, 2.75) is 46.3 Å². The van der Waals surface area contributed by atoms with Crippen LogP contribution in [0.2, 0.25) is 10.0 Å². The fraction of sp³-hybridized carbons (Fsp3) is 0.400. The third-order valence-electron chi connectivity index (χ3n) is 7.32. The van der Waals surface area contributed by atoms with E-state index < -0.39 is 6.10 Å². The van der Waals surface area contributed by atoms with E-state index in [1.807, 2.05) is 32.0 Å². The quantitative estimate of drug-likeness (QED) is 0.227. The Labute approximate surface area is 249 Å². The monoisotopic (exact) mass is 593 g/mol. The Bertz CT molecular complexity index is 1640. The van der Waals surface area contributed by atoms with Crippen LogP contribution >= 0.6 is 23.2 Å². The zero-order chi connectivity index (χ0) is 29.5. The first-order valence-corrected chi connectivity index (χ1v) is 14.2. The van der Waals surface area contributed by atoms with Gasteiger partial charge in [0.15, 0.2) is 11.5 Å². The number of H-pyrrole nitrogens is 1. The lowest BCUT2D eigenvalue weighted by Crippen LogP contribution is -2.68. The van der Waals surface area contributed by atoms with Gasteiger partial charge in [0.1, 0.15) is 23.7 Å². The van der Waals surface area contributed by atoms with Gasteiger partial charge in [0, 0.05) is 48.1 Å². The summed E-state index contributed by atoms with van der Waals surface area (Å²) in [7, 11) is 1.58. The first-order valence-electron chi connectivity index (χ1n) is 13.5. The molecule has 3 aromatic heterocycles. The number of rotatable bonds is 9. The maximum Gasteiger partial charge on any atom is 0.162 e. The maximum atomic E-state index is 9.99. The van der Waals surface area contributed by atoms with Gasteiger partial charge in [-0.3, -0.25) is 10.1 Å². The lowest BCUT2D eigenvalue weighted by atomic mass is 9.91. The molecule has 0 bridgehead atoms. The van der Waals surface area contributed by atoms with Gasteiger partial charge in [-0.05, 0) is 45.4 Å². The topological polar surface area (TPSA) is 112 Å². The standard InChI is InChI=1S/C30H33Cl2N7O2/c1-16(2)11-36-30(5)14-39(15-30)29-19(10-33)7-20(12-35-29)28-21-8-25(24(40-6)9-23(21)37-38-28)41-18(4)26-22(31)13-34-17(3)27(26)32/h7-9,12-13,16,18,36H,11,14-15H2,1-6H3,(H,37,38)/t18-/m1/s1. The van der Waals surface area contributed by atoms with Crippen molar-refractivity contribution in [2.24, 2.45) is 5.92 Å². The molecule has 9 nitrogen and oxygen atoms in total. The molecule has 0 aliphatic carbocycles. The lowest BCUT2D eigenvalue weighted by molar-refractivity contribution is 0.216. The predicted molar refractivity (Wildman–Crippen MR) is 162 cm³/mol. The van der Waals surface area contributed by atoms with Gasteiger partial charge in [0.25, 0.3) is 0 Å². The van der Waals surface area contributed by atoms with Gasteiger partial charge < -0.3 is 19.7 Å². The highest BCUT2D eigenvalue weighted by Crippen LogP contribution is 2.41. The van der Waals surface area contributed by atoms with Crippen LogP contribution in [0.25, 0.3) is 22.2 Å². The number of aryl methyl sites for hydroxylation is 1. The molecule has 4 heterocycles. The van der Waals surface area contributed by atoms with Gasteiger partial charge in [0.2, 0.25) is 0 Å². The number of ether oxygens (including phenoxy) is 2. The normalized spacial score (nSPS) is 15.1. The summed E-state index contributed by atoms with van der Waals surface area (Å²) in [4.78, 5) is 11.0. The number of pyridine rings is 2.